The van der Waals surface area contributed by atoms with Gasteiger partial charge in [-0.2, -0.15) is 4.39 Å². The van der Waals surface area contributed by atoms with Gasteiger partial charge >= 0.3 is 5.97 Å². The lowest BCUT2D eigenvalue weighted by molar-refractivity contribution is 0.0587. The molecule has 0 N–H and O–H groups in total. The quantitative estimate of drug-likeness (QED) is 0.489. The maximum Gasteiger partial charge on any atom is 0.338 e. The molecule has 88 valence electrons. The van der Waals surface area contributed by atoms with Gasteiger partial charge < -0.3 is 4.74 Å². The monoisotopic (exact) mass is 297 g/mol. The molecule has 0 aliphatic carbocycles. The second kappa shape index (κ2) is 5.29. The number of ether oxygens (including phenoxy) is 1. The molecule has 1 aromatic rings. The lowest BCUT2D eigenvalue weighted by Crippen LogP contribution is -2.12. The van der Waals surface area contributed by atoms with E-state index in [4.69, 9.17) is 0 Å². The SMILES string of the molecule is COC(=O)c1c(C(F)F)cnc(F)c1CBr. The van der Waals surface area contributed by atoms with Crippen LogP contribution in [-0.2, 0) is 10.1 Å². The van der Waals surface area contributed by atoms with Crippen LogP contribution in [0.3, 0.4) is 0 Å². The molecule has 1 rings (SSSR count). The lowest BCUT2D eigenvalue weighted by atomic mass is 10.1. The zero-order chi connectivity index (χ0) is 12.3. The van der Waals surface area contributed by atoms with Gasteiger partial charge in [-0.15, -0.1) is 0 Å². The summed E-state index contributed by atoms with van der Waals surface area (Å²) < 4.78 is 42.7. The van der Waals surface area contributed by atoms with E-state index in [2.05, 4.69) is 25.7 Å². The summed E-state index contributed by atoms with van der Waals surface area (Å²) in [5, 5.41) is -0.100. The number of halogens is 4. The lowest BCUT2D eigenvalue weighted by Gasteiger charge is -2.10. The minimum absolute atomic E-state index is 0.100. The van der Waals surface area contributed by atoms with Crippen molar-refractivity contribution in [2.24, 2.45) is 0 Å². The van der Waals surface area contributed by atoms with Gasteiger partial charge in [-0.1, -0.05) is 15.9 Å². The summed E-state index contributed by atoms with van der Waals surface area (Å²) in [7, 11) is 1.04. The average molecular weight is 298 g/mol. The van der Waals surface area contributed by atoms with Crippen molar-refractivity contribution in [1.82, 2.24) is 4.98 Å². The molecular weight excluding hydrogens is 291 g/mol. The van der Waals surface area contributed by atoms with Gasteiger partial charge in [-0.25, -0.2) is 18.6 Å². The zero-order valence-electron chi connectivity index (χ0n) is 8.14. The molecule has 0 spiro atoms. The van der Waals surface area contributed by atoms with Crippen LogP contribution in [0.4, 0.5) is 13.2 Å². The summed E-state index contributed by atoms with van der Waals surface area (Å²) in [6, 6.07) is 0. The predicted octanol–water partition coefficient (Wildman–Crippen LogP) is 2.84. The van der Waals surface area contributed by atoms with Gasteiger partial charge in [-0.3, -0.25) is 0 Å². The highest BCUT2D eigenvalue weighted by Crippen LogP contribution is 2.27. The van der Waals surface area contributed by atoms with Crippen molar-refractivity contribution in [1.29, 1.82) is 0 Å². The van der Waals surface area contributed by atoms with Crippen molar-refractivity contribution in [3.63, 3.8) is 0 Å². The number of pyridine rings is 1. The molecule has 3 nitrogen and oxygen atoms in total. The highest BCUT2D eigenvalue weighted by Gasteiger charge is 2.25. The van der Waals surface area contributed by atoms with Crippen molar-refractivity contribution in [2.75, 3.05) is 7.11 Å². The maximum atomic E-state index is 13.2. The molecule has 0 fully saturated rings. The first-order chi connectivity index (χ1) is 7.52. The normalized spacial score (nSPS) is 10.6. The number of aromatic nitrogens is 1. The van der Waals surface area contributed by atoms with Crippen LogP contribution in [-0.4, -0.2) is 18.1 Å². The smallest absolute Gasteiger partial charge is 0.338 e. The first-order valence-electron chi connectivity index (χ1n) is 4.12. The van der Waals surface area contributed by atoms with Crippen molar-refractivity contribution >= 4 is 21.9 Å². The molecule has 0 aliphatic rings. The van der Waals surface area contributed by atoms with E-state index in [1.54, 1.807) is 0 Å². The topological polar surface area (TPSA) is 39.2 Å². The molecule has 0 saturated carbocycles. The molecule has 16 heavy (non-hydrogen) atoms. The summed E-state index contributed by atoms with van der Waals surface area (Å²) >= 11 is 2.91. The zero-order valence-corrected chi connectivity index (χ0v) is 9.72. The van der Waals surface area contributed by atoms with Gasteiger partial charge in [0.05, 0.1) is 18.2 Å². The van der Waals surface area contributed by atoms with Gasteiger partial charge in [0.15, 0.2) is 0 Å². The van der Waals surface area contributed by atoms with Crippen molar-refractivity contribution in [2.45, 2.75) is 11.8 Å². The van der Waals surface area contributed by atoms with E-state index in [9.17, 15) is 18.0 Å². The molecule has 0 saturated heterocycles. The molecule has 0 amide bonds. The Hall–Kier alpha value is -1.11. The van der Waals surface area contributed by atoms with Crippen LogP contribution in [0.2, 0.25) is 0 Å². The van der Waals surface area contributed by atoms with E-state index in [1.165, 1.54) is 0 Å². The fourth-order valence-corrected chi connectivity index (χ4v) is 1.69. The Labute approximate surface area is 97.8 Å². The molecular formula is C9H7BrF3NO2. The van der Waals surface area contributed by atoms with Gasteiger partial charge in [0.1, 0.15) is 0 Å². The molecule has 0 bridgehead atoms. The first kappa shape index (κ1) is 13.0. The number of carbonyl (C=O) groups is 1. The van der Waals surface area contributed by atoms with Crippen molar-refractivity contribution in [3.8, 4) is 0 Å². The third kappa shape index (κ3) is 2.34. The third-order valence-electron chi connectivity index (χ3n) is 1.91. The van der Waals surface area contributed by atoms with Crippen LogP contribution in [0.15, 0.2) is 6.20 Å². The number of rotatable bonds is 3. The predicted molar refractivity (Wildman–Crippen MR) is 53.1 cm³/mol. The second-order valence-electron chi connectivity index (χ2n) is 2.78. The highest BCUT2D eigenvalue weighted by atomic mass is 79.9. The van der Waals surface area contributed by atoms with Gasteiger partial charge in [-0.05, 0) is 0 Å². The summed E-state index contributed by atoms with van der Waals surface area (Å²) in [4.78, 5) is 14.5. The number of esters is 1. The molecule has 1 heterocycles. The maximum absolute atomic E-state index is 13.2. The Morgan fingerprint density at radius 2 is 2.25 bits per heavy atom. The van der Waals surface area contributed by atoms with E-state index in [1.807, 2.05) is 0 Å². The van der Waals surface area contributed by atoms with Gasteiger partial charge in [0.25, 0.3) is 6.43 Å². The van der Waals surface area contributed by atoms with E-state index in [0.717, 1.165) is 7.11 Å². The Morgan fingerprint density at radius 3 is 2.69 bits per heavy atom. The van der Waals surface area contributed by atoms with E-state index < -0.39 is 29.5 Å². The van der Waals surface area contributed by atoms with Crippen molar-refractivity contribution < 1.29 is 22.7 Å². The minimum Gasteiger partial charge on any atom is -0.465 e. The molecule has 0 unspecified atom stereocenters. The van der Waals surface area contributed by atoms with Crippen LogP contribution in [0.1, 0.15) is 27.9 Å². The molecule has 0 aliphatic heterocycles. The second-order valence-corrected chi connectivity index (χ2v) is 3.34. The minimum atomic E-state index is -2.92. The fraction of sp³-hybridized carbons (Fsp3) is 0.333. The first-order valence-corrected chi connectivity index (χ1v) is 5.24. The number of hydrogen-bond acceptors (Lipinski definition) is 3. The molecule has 0 atom stereocenters. The number of hydrogen-bond donors (Lipinski definition) is 0. The number of methoxy groups -OCH3 is 1. The summed E-state index contributed by atoms with van der Waals surface area (Å²) in [6.45, 7) is 0. The van der Waals surface area contributed by atoms with Crippen LogP contribution >= 0.6 is 15.9 Å². The Bertz CT molecular complexity index is 412. The standard InChI is InChI=1S/C9H7BrF3NO2/c1-16-9(15)6-4(2-10)8(13)14-3-5(6)7(11)12/h3,7H,2H2,1H3. The Kier molecular flexibility index (Phi) is 4.28. The van der Waals surface area contributed by atoms with Gasteiger partial charge in [0.2, 0.25) is 5.95 Å². The Morgan fingerprint density at radius 1 is 1.62 bits per heavy atom. The molecule has 7 heteroatoms. The third-order valence-corrected chi connectivity index (χ3v) is 2.48. The average Bonchev–Trinajstić information content (AvgIpc) is 2.27. The van der Waals surface area contributed by atoms with E-state index >= 15 is 0 Å². The molecule has 0 aromatic carbocycles. The summed E-state index contributed by atoms with van der Waals surface area (Å²) in [5.41, 5.74) is -1.34. The summed E-state index contributed by atoms with van der Waals surface area (Å²) in [5.74, 6) is -1.98. The Balaban J connectivity index is 3.47. The van der Waals surface area contributed by atoms with Crippen LogP contribution < -0.4 is 0 Å². The van der Waals surface area contributed by atoms with E-state index in [-0.39, 0.29) is 10.9 Å². The largest absolute Gasteiger partial charge is 0.465 e. The fourth-order valence-electron chi connectivity index (χ4n) is 1.18. The van der Waals surface area contributed by atoms with Crippen LogP contribution in [0.5, 0.6) is 0 Å². The number of carbonyl (C=O) groups excluding carboxylic acids is 1. The summed E-state index contributed by atoms with van der Waals surface area (Å²) in [6.07, 6.45) is -2.28. The van der Waals surface area contributed by atoms with Crippen LogP contribution in [0, 0.1) is 5.95 Å². The molecule has 0 radical (unpaired) electrons. The highest BCUT2D eigenvalue weighted by molar-refractivity contribution is 9.08. The van der Waals surface area contributed by atoms with Crippen molar-refractivity contribution in [3.05, 3.63) is 28.8 Å². The number of alkyl halides is 3. The number of nitrogens with zero attached hydrogens (tertiary/aromatic N) is 1. The van der Waals surface area contributed by atoms with E-state index in [0.29, 0.717) is 6.20 Å². The molecule has 1 aromatic heterocycles. The van der Waals surface area contributed by atoms with Gasteiger partial charge in [0, 0.05) is 17.1 Å². The van der Waals surface area contributed by atoms with Crippen LogP contribution in [0.25, 0.3) is 0 Å².